The van der Waals surface area contributed by atoms with Gasteiger partial charge in [-0.05, 0) is 12.1 Å². The van der Waals surface area contributed by atoms with Crippen LogP contribution in [0.4, 0.5) is 0 Å². The van der Waals surface area contributed by atoms with Gasteiger partial charge >= 0.3 is 5.97 Å². The predicted molar refractivity (Wildman–Crippen MR) is 49.3 cm³/mol. The van der Waals surface area contributed by atoms with Crippen LogP contribution in [0.15, 0.2) is 29.2 Å². The molecule has 0 radical (unpaired) electrons. The smallest absolute Gasteiger partial charge is 0.336 e. The third kappa shape index (κ3) is 1.15. The molecule has 70 valence electrons. The van der Waals surface area contributed by atoms with Crippen LogP contribution in [0.2, 0.25) is 0 Å². The maximum atomic E-state index is 11.2. The van der Waals surface area contributed by atoms with Crippen LogP contribution in [-0.2, 0) is 0 Å². The number of hydrogen-bond acceptors (Lipinski definition) is 3. The van der Waals surface area contributed by atoms with Crippen molar-refractivity contribution in [3.8, 4) is 0 Å². The van der Waals surface area contributed by atoms with Crippen LogP contribution in [0, 0.1) is 0 Å². The first-order valence-corrected chi connectivity index (χ1v) is 3.90. The fourth-order valence-electron chi connectivity index (χ4n) is 1.30. The molecule has 2 N–H and O–H groups in total. The standard InChI is InChI=1S/C9H6N2O3/c12-8-5-2-1-3-6(9(13)14)7(5)4-10-11-8/h1-4H,(H,11,12)(H,13,14). The van der Waals surface area contributed by atoms with Crippen molar-refractivity contribution in [2.75, 3.05) is 0 Å². The van der Waals surface area contributed by atoms with Crippen molar-refractivity contribution >= 4 is 16.7 Å². The Labute approximate surface area is 78.0 Å². The van der Waals surface area contributed by atoms with E-state index in [1.165, 1.54) is 18.3 Å². The Bertz CT molecular complexity index is 559. The van der Waals surface area contributed by atoms with Crippen LogP contribution in [0.25, 0.3) is 10.8 Å². The van der Waals surface area contributed by atoms with E-state index in [9.17, 15) is 9.59 Å². The fraction of sp³-hybridized carbons (Fsp3) is 0. The number of aromatic nitrogens is 2. The highest BCUT2D eigenvalue weighted by atomic mass is 16.4. The number of aromatic amines is 1. The van der Waals surface area contributed by atoms with Crippen LogP contribution < -0.4 is 5.56 Å². The lowest BCUT2D eigenvalue weighted by atomic mass is 10.1. The van der Waals surface area contributed by atoms with Crippen LogP contribution >= 0.6 is 0 Å². The van der Waals surface area contributed by atoms with Crippen molar-refractivity contribution in [2.45, 2.75) is 0 Å². The predicted octanol–water partition coefficient (Wildman–Crippen LogP) is 0.621. The molecule has 0 aliphatic carbocycles. The lowest BCUT2D eigenvalue weighted by Gasteiger charge is -1.99. The molecule has 2 aromatic rings. The summed E-state index contributed by atoms with van der Waals surface area (Å²) in [5.74, 6) is -1.07. The summed E-state index contributed by atoms with van der Waals surface area (Å²) in [4.78, 5) is 22.0. The van der Waals surface area contributed by atoms with E-state index in [1.54, 1.807) is 6.07 Å². The molecule has 0 fully saturated rings. The topological polar surface area (TPSA) is 83.0 Å². The van der Waals surface area contributed by atoms with Gasteiger partial charge in [0.1, 0.15) is 0 Å². The van der Waals surface area contributed by atoms with Gasteiger partial charge in [-0.25, -0.2) is 9.89 Å². The molecule has 1 aromatic carbocycles. The summed E-state index contributed by atoms with van der Waals surface area (Å²) in [5.41, 5.74) is -0.299. The second-order valence-electron chi connectivity index (χ2n) is 2.77. The number of H-pyrrole nitrogens is 1. The minimum Gasteiger partial charge on any atom is -0.478 e. The quantitative estimate of drug-likeness (QED) is 0.690. The van der Waals surface area contributed by atoms with Gasteiger partial charge in [0.2, 0.25) is 0 Å². The van der Waals surface area contributed by atoms with Crippen LogP contribution in [0.3, 0.4) is 0 Å². The van der Waals surface area contributed by atoms with Gasteiger partial charge in [0.25, 0.3) is 5.56 Å². The van der Waals surface area contributed by atoms with E-state index in [4.69, 9.17) is 5.11 Å². The van der Waals surface area contributed by atoms with Crippen molar-refractivity contribution in [3.63, 3.8) is 0 Å². The number of carboxylic acids is 1. The van der Waals surface area contributed by atoms with Crippen LogP contribution in [-0.4, -0.2) is 21.3 Å². The molecular formula is C9H6N2O3. The molecule has 1 heterocycles. The Morgan fingerprint density at radius 3 is 2.86 bits per heavy atom. The van der Waals surface area contributed by atoms with E-state index in [0.717, 1.165) is 0 Å². The van der Waals surface area contributed by atoms with Crippen molar-refractivity contribution < 1.29 is 9.90 Å². The van der Waals surface area contributed by atoms with Crippen LogP contribution in [0.1, 0.15) is 10.4 Å². The van der Waals surface area contributed by atoms with Gasteiger partial charge in [0.05, 0.1) is 17.1 Å². The zero-order valence-electron chi connectivity index (χ0n) is 7.02. The van der Waals surface area contributed by atoms with Gasteiger partial charge in [0, 0.05) is 5.39 Å². The number of aromatic carboxylic acids is 1. The molecule has 0 saturated heterocycles. The average Bonchev–Trinajstić information content (AvgIpc) is 2.17. The second-order valence-corrected chi connectivity index (χ2v) is 2.77. The van der Waals surface area contributed by atoms with Gasteiger partial charge < -0.3 is 5.11 Å². The Morgan fingerprint density at radius 2 is 2.14 bits per heavy atom. The van der Waals surface area contributed by atoms with Crippen molar-refractivity contribution in [3.05, 3.63) is 40.3 Å². The zero-order chi connectivity index (χ0) is 10.1. The highest BCUT2D eigenvalue weighted by Crippen LogP contribution is 2.13. The number of nitrogens with zero attached hydrogens (tertiary/aromatic N) is 1. The highest BCUT2D eigenvalue weighted by molar-refractivity contribution is 6.02. The highest BCUT2D eigenvalue weighted by Gasteiger charge is 2.09. The molecule has 5 nitrogen and oxygen atoms in total. The molecule has 1 aromatic heterocycles. The maximum absolute atomic E-state index is 11.2. The summed E-state index contributed by atoms with van der Waals surface area (Å²) in [6.07, 6.45) is 1.33. The first-order chi connectivity index (χ1) is 6.70. The summed E-state index contributed by atoms with van der Waals surface area (Å²) >= 11 is 0. The molecule has 0 atom stereocenters. The molecular weight excluding hydrogens is 184 g/mol. The molecule has 0 saturated carbocycles. The number of carboxylic acid groups (broad SMARTS) is 1. The molecule has 0 aliphatic rings. The molecule has 0 bridgehead atoms. The third-order valence-electron chi connectivity index (χ3n) is 1.94. The van der Waals surface area contributed by atoms with E-state index < -0.39 is 5.97 Å². The average molecular weight is 190 g/mol. The fourth-order valence-corrected chi connectivity index (χ4v) is 1.30. The maximum Gasteiger partial charge on any atom is 0.336 e. The monoisotopic (exact) mass is 190 g/mol. The van der Waals surface area contributed by atoms with Gasteiger partial charge in [0.15, 0.2) is 0 Å². The molecule has 14 heavy (non-hydrogen) atoms. The number of rotatable bonds is 1. The summed E-state index contributed by atoms with van der Waals surface area (Å²) < 4.78 is 0. The third-order valence-corrected chi connectivity index (χ3v) is 1.94. The number of nitrogens with one attached hydrogen (secondary N) is 1. The molecule has 0 aliphatic heterocycles. The Balaban J connectivity index is 2.95. The first kappa shape index (κ1) is 8.43. The lowest BCUT2D eigenvalue weighted by molar-refractivity contribution is 0.0699. The summed E-state index contributed by atoms with van der Waals surface area (Å²) in [5, 5.41) is 15.3. The van der Waals surface area contributed by atoms with Crippen molar-refractivity contribution in [1.82, 2.24) is 10.2 Å². The van der Waals surface area contributed by atoms with E-state index in [-0.39, 0.29) is 11.1 Å². The Hall–Kier alpha value is -2.17. The van der Waals surface area contributed by atoms with Gasteiger partial charge in [-0.3, -0.25) is 4.79 Å². The number of fused-ring (bicyclic) bond motifs is 1. The summed E-state index contributed by atoms with van der Waals surface area (Å²) in [7, 11) is 0. The number of benzene rings is 1. The van der Waals surface area contributed by atoms with Crippen molar-refractivity contribution in [1.29, 1.82) is 0 Å². The Morgan fingerprint density at radius 1 is 1.36 bits per heavy atom. The van der Waals surface area contributed by atoms with Crippen LogP contribution in [0.5, 0.6) is 0 Å². The first-order valence-electron chi connectivity index (χ1n) is 3.90. The van der Waals surface area contributed by atoms with Gasteiger partial charge in [-0.1, -0.05) is 6.07 Å². The lowest BCUT2D eigenvalue weighted by Crippen LogP contribution is -2.09. The minimum atomic E-state index is -1.07. The van der Waals surface area contributed by atoms with E-state index in [2.05, 4.69) is 10.2 Å². The zero-order valence-corrected chi connectivity index (χ0v) is 7.02. The number of hydrogen-bond donors (Lipinski definition) is 2. The second kappa shape index (κ2) is 2.95. The van der Waals surface area contributed by atoms with E-state index in [1.807, 2.05) is 0 Å². The SMILES string of the molecule is O=C(O)c1cccc2c(=O)[nH]ncc12. The van der Waals surface area contributed by atoms with E-state index >= 15 is 0 Å². The molecule has 0 unspecified atom stereocenters. The summed E-state index contributed by atoms with van der Waals surface area (Å²) in [6.45, 7) is 0. The molecule has 0 spiro atoms. The largest absolute Gasteiger partial charge is 0.478 e. The van der Waals surface area contributed by atoms with Crippen molar-refractivity contribution in [2.24, 2.45) is 0 Å². The molecule has 2 rings (SSSR count). The van der Waals surface area contributed by atoms with Gasteiger partial charge in [-0.15, -0.1) is 0 Å². The van der Waals surface area contributed by atoms with Gasteiger partial charge in [-0.2, -0.15) is 5.10 Å². The Kier molecular flexibility index (Phi) is 1.78. The molecule has 5 heteroatoms. The molecule has 0 amide bonds. The number of carbonyl (C=O) groups is 1. The van der Waals surface area contributed by atoms with E-state index in [0.29, 0.717) is 10.8 Å². The normalized spacial score (nSPS) is 10.3. The minimum absolute atomic E-state index is 0.0844. The summed E-state index contributed by atoms with van der Waals surface area (Å²) in [6, 6.07) is 4.52.